The molecular formula is C21H27N5. The van der Waals surface area contributed by atoms with Crippen LogP contribution < -0.4 is 4.90 Å². The summed E-state index contributed by atoms with van der Waals surface area (Å²) in [5.41, 5.74) is 2.15. The smallest absolute Gasteiger partial charge is 0.178 e. The molecule has 1 saturated heterocycles. The number of benzene rings is 1. The summed E-state index contributed by atoms with van der Waals surface area (Å²) in [5.74, 6) is 1.95. The standard InChI is InChI=1S/C21H27N5/c1-21(2,3)20-23-22-18-13-14-19(24-26(18)20)25-15-7-10-17(25)12-11-16-8-5-4-6-9-16/h4-6,8-9,13-14,17H,7,10-12,15H2,1-3H3. The van der Waals surface area contributed by atoms with Crippen molar-refractivity contribution in [2.24, 2.45) is 0 Å². The van der Waals surface area contributed by atoms with Gasteiger partial charge in [-0.05, 0) is 43.4 Å². The Hall–Kier alpha value is -2.43. The van der Waals surface area contributed by atoms with Crippen molar-refractivity contribution < 1.29 is 0 Å². The van der Waals surface area contributed by atoms with E-state index >= 15 is 0 Å². The van der Waals surface area contributed by atoms with E-state index < -0.39 is 0 Å². The lowest BCUT2D eigenvalue weighted by Crippen LogP contribution is -2.31. The molecule has 0 spiro atoms. The Labute approximate surface area is 155 Å². The van der Waals surface area contributed by atoms with Crippen LogP contribution in [0.5, 0.6) is 0 Å². The van der Waals surface area contributed by atoms with Crippen molar-refractivity contribution in [3.8, 4) is 0 Å². The highest BCUT2D eigenvalue weighted by Gasteiger charge is 2.27. The van der Waals surface area contributed by atoms with Gasteiger partial charge in [0.2, 0.25) is 0 Å². The fraction of sp³-hybridized carbons (Fsp3) is 0.476. The molecule has 1 fully saturated rings. The summed E-state index contributed by atoms with van der Waals surface area (Å²) in [5, 5.41) is 13.5. The van der Waals surface area contributed by atoms with Crippen molar-refractivity contribution in [2.45, 2.75) is 57.9 Å². The third kappa shape index (κ3) is 3.30. The van der Waals surface area contributed by atoms with E-state index in [4.69, 9.17) is 5.10 Å². The van der Waals surface area contributed by atoms with E-state index in [0.29, 0.717) is 6.04 Å². The van der Waals surface area contributed by atoms with Gasteiger partial charge in [0.25, 0.3) is 0 Å². The van der Waals surface area contributed by atoms with E-state index in [-0.39, 0.29) is 5.41 Å². The lowest BCUT2D eigenvalue weighted by Gasteiger charge is -2.26. The molecule has 3 aromatic rings. The number of aromatic nitrogens is 4. The first kappa shape index (κ1) is 17.0. The fourth-order valence-electron chi connectivity index (χ4n) is 3.82. The molecule has 5 heteroatoms. The quantitative estimate of drug-likeness (QED) is 0.714. The lowest BCUT2D eigenvalue weighted by molar-refractivity contribution is 0.525. The Morgan fingerprint density at radius 1 is 1.04 bits per heavy atom. The number of aryl methyl sites for hydroxylation is 1. The van der Waals surface area contributed by atoms with Gasteiger partial charge in [-0.25, -0.2) is 0 Å². The van der Waals surface area contributed by atoms with Crippen LogP contribution in [0.15, 0.2) is 42.5 Å². The minimum atomic E-state index is -0.0806. The summed E-state index contributed by atoms with van der Waals surface area (Å²) >= 11 is 0. The maximum atomic E-state index is 4.91. The Kier molecular flexibility index (Phi) is 4.39. The average Bonchev–Trinajstić information content (AvgIpc) is 3.26. The third-order valence-electron chi connectivity index (χ3n) is 5.20. The molecule has 0 amide bonds. The second-order valence-electron chi connectivity index (χ2n) is 8.25. The average molecular weight is 349 g/mol. The largest absolute Gasteiger partial charge is 0.352 e. The van der Waals surface area contributed by atoms with Crippen LogP contribution in [0.4, 0.5) is 5.82 Å². The predicted molar refractivity (Wildman–Crippen MR) is 105 cm³/mol. The van der Waals surface area contributed by atoms with Gasteiger partial charge in [0.15, 0.2) is 11.5 Å². The molecule has 1 aromatic carbocycles. The molecule has 1 atom stereocenters. The second kappa shape index (κ2) is 6.71. The van der Waals surface area contributed by atoms with Crippen molar-refractivity contribution in [2.75, 3.05) is 11.4 Å². The van der Waals surface area contributed by atoms with Crippen LogP contribution in [0.25, 0.3) is 5.65 Å². The summed E-state index contributed by atoms with van der Waals surface area (Å²) in [7, 11) is 0. The van der Waals surface area contributed by atoms with Gasteiger partial charge in [-0.15, -0.1) is 15.3 Å². The molecule has 0 aliphatic carbocycles. The van der Waals surface area contributed by atoms with Crippen molar-refractivity contribution in [3.63, 3.8) is 0 Å². The number of hydrogen-bond acceptors (Lipinski definition) is 4. The van der Waals surface area contributed by atoms with Crippen LogP contribution in [-0.2, 0) is 11.8 Å². The first-order valence-electron chi connectivity index (χ1n) is 9.56. The van der Waals surface area contributed by atoms with Gasteiger partial charge < -0.3 is 4.90 Å². The number of anilines is 1. The molecular weight excluding hydrogens is 322 g/mol. The van der Waals surface area contributed by atoms with Crippen molar-refractivity contribution in [1.82, 2.24) is 19.8 Å². The van der Waals surface area contributed by atoms with Gasteiger partial charge in [-0.2, -0.15) is 4.52 Å². The number of nitrogens with zero attached hydrogens (tertiary/aromatic N) is 5. The molecule has 5 nitrogen and oxygen atoms in total. The van der Waals surface area contributed by atoms with Crippen LogP contribution in [0.3, 0.4) is 0 Å². The molecule has 4 rings (SSSR count). The van der Waals surface area contributed by atoms with E-state index in [2.05, 4.69) is 72.3 Å². The van der Waals surface area contributed by atoms with Crippen LogP contribution >= 0.6 is 0 Å². The molecule has 1 unspecified atom stereocenters. The van der Waals surface area contributed by atoms with Gasteiger partial charge in [-0.3, -0.25) is 0 Å². The molecule has 0 N–H and O–H groups in total. The highest BCUT2D eigenvalue weighted by atomic mass is 15.4. The van der Waals surface area contributed by atoms with Crippen LogP contribution in [-0.4, -0.2) is 32.4 Å². The fourth-order valence-corrected chi connectivity index (χ4v) is 3.82. The Morgan fingerprint density at radius 3 is 2.62 bits per heavy atom. The molecule has 26 heavy (non-hydrogen) atoms. The van der Waals surface area contributed by atoms with E-state index in [1.54, 1.807) is 0 Å². The molecule has 3 heterocycles. The van der Waals surface area contributed by atoms with Crippen LogP contribution in [0, 0.1) is 0 Å². The van der Waals surface area contributed by atoms with E-state index in [1.807, 2.05) is 10.6 Å². The van der Waals surface area contributed by atoms with E-state index in [0.717, 1.165) is 36.7 Å². The summed E-state index contributed by atoms with van der Waals surface area (Å²) in [6, 6.07) is 15.4. The number of hydrogen-bond donors (Lipinski definition) is 0. The van der Waals surface area contributed by atoms with Gasteiger partial charge >= 0.3 is 0 Å². The summed E-state index contributed by atoms with van der Waals surface area (Å²) < 4.78 is 1.92. The SMILES string of the molecule is CC(C)(C)c1nnc2ccc(N3CCCC3CCc3ccccc3)nn12. The normalized spacial score (nSPS) is 18.0. The minimum Gasteiger partial charge on any atom is -0.352 e. The zero-order chi connectivity index (χ0) is 18.1. The number of fused-ring (bicyclic) bond motifs is 1. The highest BCUT2D eigenvalue weighted by molar-refractivity contribution is 5.47. The first-order chi connectivity index (χ1) is 12.5. The molecule has 1 aliphatic heterocycles. The van der Waals surface area contributed by atoms with Gasteiger partial charge in [-0.1, -0.05) is 51.1 Å². The maximum Gasteiger partial charge on any atom is 0.178 e. The molecule has 2 aromatic heterocycles. The van der Waals surface area contributed by atoms with Crippen LogP contribution in [0.2, 0.25) is 0 Å². The monoisotopic (exact) mass is 349 g/mol. The predicted octanol–water partition coefficient (Wildman–Crippen LogP) is 4.02. The maximum absolute atomic E-state index is 4.91. The van der Waals surface area contributed by atoms with Gasteiger partial charge in [0, 0.05) is 18.0 Å². The molecule has 0 radical (unpaired) electrons. The summed E-state index contributed by atoms with van der Waals surface area (Å²) in [4.78, 5) is 2.47. The molecule has 136 valence electrons. The Morgan fingerprint density at radius 2 is 1.85 bits per heavy atom. The van der Waals surface area contributed by atoms with Crippen molar-refractivity contribution in [3.05, 3.63) is 53.9 Å². The minimum absolute atomic E-state index is 0.0806. The molecule has 0 saturated carbocycles. The Balaban J connectivity index is 1.57. The van der Waals surface area contributed by atoms with Gasteiger partial charge in [0.1, 0.15) is 5.82 Å². The zero-order valence-electron chi connectivity index (χ0n) is 15.9. The summed E-state index contributed by atoms with van der Waals surface area (Å²) in [6.45, 7) is 7.52. The second-order valence-corrected chi connectivity index (χ2v) is 8.25. The van der Waals surface area contributed by atoms with E-state index in [1.165, 1.54) is 18.4 Å². The lowest BCUT2D eigenvalue weighted by atomic mass is 9.96. The van der Waals surface area contributed by atoms with Crippen molar-refractivity contribution in [1.29, 1.82) is 0 Å². The highest BCUT2D eigenvalue weighted by Crippen LogP contribution is 2.28. The third-order valence-corrected chi connectivity index (χ3v) is 5.20. The Bertz CT molecular complexity index is 878. The van der Waals surface area contributed by atoms with Crippen molar-refractivity contribution >= 4 is 11.5 Å². The number of rotatable bonds is 4. The zero-order valence-corrected chi connectivity index (χ0v) is 15.9. The topological polar surface area (TPSA) is 46.3 Å². The summed E-state index contributed by atoms with van der Waals surface area (Å²) in [6.07, 6.45) is 4.75. The first-order valence-corrected chi connectivity index (χ1v) is 9.56. The molecule has 1 aliphatic rings. The van der Waals surface area contributed by atoms with Gasteiger partial charge in [0.05, 0.1) is 0 Å². The molecule has 0 bridgehead atoms. The van der Waals surface area contributed by atoms with E-state index in [9.17, 15) is 0 Å². The van der Waals surface area contributed by atoms with Crippen LogP contribution in [0.1, 0.15) is 51.4 Å².